The van der Waals surface area contributed by atoms with E-state index in [9.17, 15) is 8.42 Å². The minimum absolute atomic E-state index is 0.338. The summed E-state index contributed by atoms with van der Waals surface area (Å²) in [5.74, 6) is 1.52. The molecule has 3 rings (SSSR count). The van der Waals surface area contributed by atoms with Crippen molar-refractivity contribution in [3.63, 3.8) is 0 Å². The average molecular weight is 425 g/mol. The molecule has 0 aliphatic rings. The van der Waals surface area contributed by atoms with Gasteiger partial charge in [0.15, 0.2) is 0 Å². The standard InChI is InChI=1S/C17H20N4O3S3/c1-21(27(22,23)16-7-4-10-25-16)9-8-18-17-19-15(20-26-17)12-13-5-3-6-14(11-13)24-2/h3-7,10-11H,8-9,12H2,1-2H3,(H,18,19,20). The van der Waals surface area contributed by atoms with Crippen LogP contribution in [-0.4, -0.2) is 49.3 Å². The Morgan fingerprint density at radius 1 is 1.26 bits per heavy atom. The van der Waals surface area contributed by atoms with Gasteiger partial charge in [-0.15, -0.1) is 11.3 Å². The van der Waals surface area contributed by atoms with E-state index in [1.54, 1.807) is 31.7 Å². The maximum absolute atomic E-state index is 12.4. The summed E-state index contributed by atoms with van der Waals surface area (Å²) in [5, 5.41) is 5.57. The van der Waals surface area contributed by atoms with Crippen molar-refractivity contribution in [1.29, 1.82) is 0 Å². The number of thiophene rings is 1. The third kappa shape index (κ3) is 5.04. The summed E-state index contributed by atoms with van der Waals surface area (Å²) >= 11 is 2.48. The molecule has 0 radical (unpaired) electrons. The summed E-state index contributed by atoms with van der Waals surface area (Å²) in [5.41, 5.74) is 1.07. The van der Waals surface area contributed by atoms with Crippen LogP contribution in [-0.2, 0) is 16.4 Å². The minimum atomic E-state index is -3.42. The average Bonchev–Trinajstić information content (AvgIpc) is 3.34. The zero-order valence-corrected chi connectivity index (χ0v) is 17.4. The zero-order valence-electron chi connectivity index (χ0n) is 15.0. The lowest BCUT2D eigenvalue weighted by atomic mass is 10.1. The van der Waals surface area contributed by atoms with E-state index in [-0.39, 0.29) is 0 Å². The molecule has 1 N–H and O–H groups in total. The van der Waals surface area contributed by atoms with Crippen molar-refractivity contribution in [3.05, 3.63) is 53.2 Å². The van der Waals surface area contributed by atoms with Crippen LogP contribution >= 0.6 is 22.9 Å². The SMILES string of the molecule is COc1cccc(Cc2nsc(NCCN(C)S(=O)(=O)c3cccs3)n2)c1. The fourth-order valence-corrected chi connectivity index (χ4v) is 5.35. The van der Waals surface area contributed by atoms with E-state index in [0.717, 1.165) is 17.1 Å². The van der Waals surface area contributed by atoms with Crippen molar-refractivity contribution in [3.8, 4) is 5.75 Å². The van der Waals surface area contributed by atoms with E-state index < -0.39 is 10.0 Å². The second kappa shape index (κ2) is 8.79. The maximum Gasteiger partial charge on any atom is 0.252 e. The highest BCUT2D eigenvalue weighted by molar-refractivity contribution is 7.91. The Morgan fingerprint density at radius 2 is 2.11 bits per heavy atom. The fraction of sp³-hybridized carbons (Fsp3) is 0.294. The zero-order chi connectivity index (χ0) is 19.3. The van der Waals surface area contributed by atoms with Crippen molar-refractivity contribution in [2.45, 2.75) is 10.6 Å². The van der Waals surface area contributed by atoms with Gasteiger partial charge in [0.1, 0.15) is 15.8 Å². The van der Waals surface area contributed by atoms with E-state index in [0.29, 0.717) is 28.9 Å². The lowest BCUT2D eigenvalue weighted by Crippen LogP contribution is -2.31. The van der Waals surface area contributed by atoms with Crippen molar-refractivity contribution in [2.75, 3.05) is 32.6 Å². The molecule has 3 aromatic rings. The van der Waals surface area contributed by atoms with Crippen molar-refractivity contribution < 1.29 is 13.2 Å². The Bertz CT molecular complexity index is 971. The molecular weight excluding hydrogens is 404 g/mol. The molecule has 1 aromatic carbocycles. The molecule has 27 heavy (non-hydrogen) atoms. The number of ether oxygens (including phenoxy) is 1. The summed E-state index contributed by atoms with van der Waals surface area (Å²) in [7, 11) is -0.214. The van der Waals surface area contributed by atoms with Gasteiger partial charge in [-0.25, -0.2) is 13.4 Å². The summed E-state index contributed by atoms with van der Waals surface area (Å²) < 4.78 is 36.0. The molecule has 2 aromatic heterocycles. The number of hydrogen-bond donors (Lipinski definition) is 1. The lowest BCUT2D eigenvalue weighted by Gasteiger charge is -2.15. The van der Waals surface area contributed by atoms with Crippen LogP contribution in [0.5, 0.6) is 5.75 Å². The van der Waals surface area contributed by atoms with Gasteiger partial charge in [-0.2, -0.15) is 8.68 Å². The predicted octanol–water partition coefficient (Wildman–Crippen LogP) is 2.93. The molecule has 0 saturated heterocycles. The molecule has 0 bridgehead atoms. The summed E-state index contributed by atoms with van der Waals surface area (Å²) in [6.07, 6.45) is 0.613. The molecule has 2 heterocycles. The van der Waals surface area contributed by atoms with Crippen LogP contribution < -0.4 is 10.1 Å². The summed E-state index contributed by atoms with van der Waals surface area (Å²) in [6, 6.07) is 11.1. The van der Waals surface area contributed by atoms with Crippen LogP contribution in [0, 0.1) is 0 Å². The number of nitrogens with one attached hydrogen (secondary N) is 1. The number of likely N-dealkylation sites (N-methyl/N-ethyl adjacent to an activating group) is 1. The highest BCUT2D eigenvalue weighted by atomic mass is 32.2. The molecule has 144 valence electrons. The van der Waals surface area contributed by atoms with Crippen molar-refractivity contribution >= 4 is 38.0 Å². The first-order chi connectivity index (χ1) is 13.0. The minimum Gasteiger partial charge on any atom is -0.497 e. The van der Waals surface area contributed by atoms with Gasteiger partial charge >= 0.3 is 0 Å². The largest absolute Gasteiger partial charge is 0.497 e. The molecule has 0 spiro atoms. The molecule has 0 fully saturated rings. The normalized spacial score (nSPS) is 11.7. The quantitative estimate of drug-likeness (QED) is 0.569. The first kappa shape index (κ1) is 19.7. The molecule has 0 atom stereocenters. The Hall–Kier alpha value is -2.01. The molecular formula is C17H20N4O3S3. The second-order valence-corrected chi connectivity index (χ2v) is 9.70. The first-order valence-corrected chi connectivity index (χ1v) is 11.3. The number of methoxy groups -OCH3 is 1. The van der Waals surface area contributed by atoms with Gasteiger partial charge in [0.25, 0.3) is 10.0 Å². The Balaban J connectivity index is 1.52. The monoisotopic (exact) mass is 424 g/mol. The number of nitrogens with zero attached hydrogens (tertiary/aromatic N) is 3. The molecule has 0 saturated carbocycles. The molecule has 0 unspecified atom stereocenters. The summed E-state index contributed by atoms with van der Waals surface area (Å²) in [6.45, 7) is 0.792. The maximum atomic E-state index is 12.4. The number of anilines is 1. The Kier molecular flexibility index (Phi) is 6.42. The Morgan fingerprint density at radius 3 is 2.85 bits per heavy atom. The molecule has 0 amide bonds. The molecule has 7 nitrogen and oxygen atoms in total. The van der Waals surface area contributed by atoms with E-state index >= 15 is 0 Å². The second-order valence-electron chi connectivity index (χ2n) is 5.73. The number of hydrogen-bond acceptors (Lipinski definition) is 8. The van der Waals surface area contributed by atoms with E-state index in [1.165, 1.54) is 27.2 Å². The topological polar surface area (TPSA) is 84.4 Å². The lowest BCUT2D eigenvalue weighted by molar-refractivity contribution is 0.414. The van der Waals surface area contributed by atoms with Gasteiger partial charge in [0, 0.05) is 38.1 Å². The molecule has 10 heteroatoms. The van der Waals surface area contributed by atoms with Crippen LogP contribution in [0.25, 0.3) is 0 Å². The molecule has 0 aliphatic heterocycles. The van der Waals surface area contributed by atoms with Gasteiger partial charge < -0.3 is 10.1 Å². The van der Waals surface area contributed by atoms with Crippen LogP contribution in [0.3, 0.4) is 0 Å². The van der Waals surface area contributed by atoms with Gasteiger partial charge in [-0.3, -0.25) is 0 Å². The van der Waals surface area contributed by atoms with Crippen molar-refractivity contribution in [2.24, 2.45) is 0 Å². The van der Waals surface area contributed by atoms with Crippen LogP contribution in [0.1, 0.15) is 11.4 Å². The number of sulfonamides is 1. The smallest absolute Gasteiger partial charge is 0.252 e. The number of aromatic nitrogens is 2. The Labute approximate surface area is 166 Å². The predicted molar refractivity (Wildman–Crippen MR) is 108 cm³/mol. The highest BCUT2D eigenvalue weighted by Gasteiger charge is 2.21. The van der Waals surface area contributed by atoms with Gasteiger partial charge in [-0.05, 0) is 29.1 Å². The molecule has 0 aliphatic carbocycles. The third-order valence-electron chi connectivity index (χ3n) is 3.83. The van der Waals surface area contributed by atoms with Crippen LogP contribution in [0.2, 0.25) is 0 Å². The van der Waals surface area contributed by atoms with Crippen LogP contribution in [0.4, 0.5) is 5.13 Å². The van der Waals surface area contributed by atoms with E-state index in [1.807, 2.05) is 24.3 Å². The van der Waals surface area contributed by atoms with Gasteiger partial charge in [0.05, 0.1) is 7.11 Å². The van der Waals surface area contributed by atoms with E-state index in [4.69, 9.17) is 4.74 Å². The number of benzene rings is 1. The number of rotatable bonds is 9. The van der Waals surface area contributed by atoms with Gasteiger partial charge in [0.2, 0.25) is 5.13 Å². The van der Waals surface area contributed by atoms with Crippen molar-refractivity contribution in [1.82, 2.24) is 13.7 Å². The third-order valence-corrected chi connectivity index (χ3v) is 7.77. The summed E-state index contributed by atoms with van der Waals surface area (Å²) in [4.78, 5) is 4.46. The van der Waals surface area contributed by atoms with Gasteiger partial charge in [-0.1, -0.05) is 18.2 Å². The fourth-order valence-electron chi connectivity index (χ4n) is 2.37. The van der Waals surface area contributed by atoms with E-state index in [2.05, 4.69) is 14.7 Å². The van der Waals surface area contributed by atoms with Crippen LogP contribution in [0.15, 0.2) is 46.0 Å². The highest BCUT2D eigenvalue weighted by Crippen LogP contribution is 2.20. The first-order valence-electron chi connectivity index (χ1n) is 8.18.